The standard InChI is InChI=1S/C17H25BrN2O2.ClH/c18-15-8-6-14(7-9-15)16-13-20(11-12-22-16)17(21)5-3-1-2-4-10-19;/h6-9,16H,1-5,10-13,19H2;1H. The van der Waals surface area contributed by atoms with E-state index >= 15 is 0 Å². The summed E-state index contributed by atoms with van der Waals surface area (Å²) in [6, 6.07) is 8.12. The van der Waals surface area contributed by atoms with Gasteiger partial charge in [-0.15, -0.1) is 12.4 Å². The molecular weight excluding hydrogens is 380 g/mol. The number of unbranched alkanes of at least 4 members (excludes halogenated alkanes) is 3. The van der Waals surface area contributed by atoms with Crippen molar-refractivity contribution in [3.05, 3.63) is 34.3 Å². The normalized spacial score (nSPS) is 17.7. The molecule has 2 rings (SSSR count). The number of benzene rings is 1. The third-order valence-electron chi connectivity index (χ3n) is 4.01. The smallest absolute Gasteiger partial charge is 0.222 e. The molecule has 0 aromatic heterocycles. The number of nitrogens with zero attached hydrogens (tertiary/aromatic N) is 1. The Bertz CT molecular complexity index is 470. The Hall–Kier alpha value is -0.620. The zero-order valence-electron chi connectivity index (χ0n) is 13.4. The maximum atomic E-state index is 12.3. The molecule has 0 bridgehead atoms. The lowest BCUT2D eigenvalue weighted by Gasteiger charge is -2.33. The van der Waals surface area contributed by atoms with Crippen molar-refractivity contribution in [3.8, 4) is 0 Å². The van der Waals surface area contributed by atoms with Crippen molar-refractivity contribution in [3.63, 3.8) is 0 Å². The minimum atomic E-state index is -0.0111. The van der Waals surface area contributed by atoms with Crippen molar-refractivity contribution >= 4 is 34.2 Å². The quantitative estimate of drug-likeness (QED) is 0.704. The van der Waals surface area contributed by atoms with E-state index in [0.717, 1.165) is 42.3 Å². The van der Waals surface area contributed by atoms with Crippen LogP contribution in [0.2, 0.25) is 0 Å². The molecule has 1 atom stereocenters. The van der Waals surface area contributed by atoms with E-state index in [1.54, 1.807) is 0 Å². The summed E-state index contributed by atoms with van der Waals surface area (Å²) in [6.07, 6.45) is 4.84. The van der Waals surface area contributed by atoms with Gasteiger partial charge in [0, 0.05) is 17.4 Å². The number of rotatable bonds is 7. The topological polar surface area (TPSA) is 55.6 Å². The third kappa shape index (κ3) is 6.79. The minimum Gasteiger partial charge on any atom is -0.370 e. The highest BCUT2D eigenvalue weighted by molar-refractivity contribution is 9.10. The Morgan fingerprint density at radius 1 is 1.22 bits per heavy atom. The molecule has 4 nitrogen and oxygen atoms in total. The average Bonchev–Trinajstić information content (AvgIpc) is 2.55. The van der Waals surface area contributed by atoms with Gasteiger partial charge in [0.05, 0.1) is 13.2 Å². The Morgan fingerprint density at radius 2 is 1.91 bits per heavy atom. The zero-order chi connectivity index (χ0) is 15.8. The monoisotopic (exact) mass is 404 g/mol. The van der Waals surface area contributed by atoms with Crippen LogP contribution in [0, 0.1) is 0 Å². The molecule has 23 heavy (non-hydrogen) atoms. The molecule has 1 aromatic carbocycles. The summed E-state index contributed by atoms with van der Waals surface area (Å²) in [6.45, 7) is 2.71. The molecular formula is C17H26BrClN2O2. The molecule has 1 aromatic rings. The molecule has 1 amide bonds. The third-order valence-corrected chi connectivity index (χ3v) is 4.53. The average molecular weight is 406 g/mol. The fourth-order valence-corrected chi connectivity index (χ4v) is 2.95. The van der Waals surface area contributed by atoms with Crippen LogP contribution >= 0.6 is 28.3 Å². The number of carbonyl (C=O) groups is 1. The maximum Gasteiger partial charge on any atom is 0.222 e. The Labute approximate surface area is 153 Å². The predicted octanol–water partition coefficient (Wildman–Crippen LogP) is 3.68. The number of hydrogen-bond donors (Lipinski definition) is 1. The van der Waals surface area contributed by atoms with Gasteiger partial charge in [0.1, 0.15) is 6.10 Å². The van der Waals surface area contributed by atoms with Crippen molar-refractivity contribution in [2.45, 2.75) is 38.2 Å². The zero-order valence-corrected chi connectivity index (χ0v) is 15.8. The molecule has 1 saturated heterocycles. The van der Waals surface area contributed by atoms with Gasteiger partial charge in [-0.05, 0) is 37.1 Å². The molecule has 1 aliphatic heterocycles. The summed E-state index contributed by atoms with van der Waals surface area (Å²) in [5, 5.41) is 0. The molecule has 1 heterocycles. The van der Waals surface area contributed by atoms with E-state index in [2.05, 4.69) is 28.1 Å². The largest absolute Gasteiger partial charge is 0.370 e. The van der Waals surface area contributed by atoms with Crippen LogP contribution in [0.3, 0.4) is 0 Å². The predicted molar refractivity (Wildman–Crippen MR) is 98.8 cm³/mol. The van der Waals surface area contributed by atoms with Crippen molar-refractivity contribution in [2.75, 3.05) is 26.2 Å². The second-order valence-electron chi connectivity index (χ2n) is 5.70. The maximum absolute atomic E-state index is 12.3. The number of nitrogens with two attached hydrogens (primary N) is 1. The second-order valence-corrected chi connectivity index (χ2v) is 6.62. The molecule has 1 aliphatic rings. The molecule has 0 spiro atoms. The number of hydrogen-bond acceptors (Lipinski definition) is 3. The minimum absolute atomic E-state index is 0. The van der Waals surface area contributed by atoms with Gasteiger partial charge in [-0.3, -0.25) is 4.79 Å². The Morgan fingerprint density at radius 3 is 2.61 bits per heavy atom. The van der Waals surface area contributed by atoms with Crippen LogP contribution < -0.4 is 5.73 Å². The summed E-state index contributed by atoms with van der Waals surface area (Å²) in [4.78, 5) is 14.2. The molecule has 130 valence electrons. The van der Waals surface area contributed by atoms with E-state index < -0.39 is 0 Å². The lowest BCUT2D eigenvalue weighted by molar-refractivity contribution is -0.139. The molecule has 1 unspecified atom stereocenters. The Balaban J connectivity index is 0.00000264. The number of halogens is 2. The van der Waals surface area contributed by atoms with Crippen LogP contribution in [0.15, 0.2) is 28.7 Å². The van der Waals surface area contributed by atoms with Crippen LogP contribution in [-0.4, -0.2) is 37.0 Å². The first kappa shape index (κ1) is 20.4. The van der Waals surface area contributed by atoms with E-state index in [-0.39, 0.29) is 24.4 Å². The second kappa shape index (κ2) is 11.0. The first-order valence-electron chi connectivity index (χ1n) is 8.05. The molecule has 6 heteroatoms. The van der Waals surface area contributed by atoms with Crippen molar-refractivity contribution in [2.24, 2.45) is 5.73 Å². The van der Waals surface area contributed by atoms with E-state index in [0.29, 0.717) is 26.1 Å². The summed E-state index contributed by atoms with van der Waals surface area (Å²) >= 11 is 3.44. The van der Waals surface area contributed by atoms with Gasteiger partial charge in [-0.25, -0.2) is 0 Å². The SMILES string of the molecule is Cl.NCCCCCCC(=O)N1CCOC(c2ccc(Br)cc2)C1. The van der Waals surface area contributed by atoms with Gasteiger partial charge >= 0.3 is 0 Å². The molecule has 1 fully saturated rings. The van der Waals surface area contributed by atoms with Crippen LogP contribution in [0.25, 0.3) is 0 Å². The summed E-state index contributed by atoms with van der Waals surface area (Å²) < 4.78 is 6.87. The fourth-order valence-electron chi connectivity index (χ4n) is 2.69. The van der Waals surface area contributed by atoms with Crippen molar-refractivity contribution in [1.29, 1.82) is 0 Å². The van der Waals surface area contributed by atoms with Crippen LogP contribution in [0.1, 0.15) is 43.8 Å². The van der Waals surface area contributed by atoms with E-state index in [1.807, 2.05) is 17.0 Å². The van der Waals surface area contributed by atoms with Gasteiger partial charge in [-0.2, -0.15) is 0 Å². The van der Waals surface area contributed by atoms with Crippen LogP contribution in [-0.2, 0) is 9.53 Å². The van der Waals surface area contributed by atoms with Crippen molar-refractivity contribution in [1.82, 2.24) is 4.90 Å². The number of morpholine rings is 1. The number of ether oxygens (including phenoxy) is 1. The Kier molecular flexibility index (Phi) is 9.79. The number of amides is 1. The van der Waals surface area contributed by atoms with Gasteiger partial charge < -0.3 is 15.4 Å². The highest BCUT2D eigenvalue weighted by Crippen LogP contribution is 2.24. The molecule has 0 aliphatic carbocycles. The molecule has 2 N–H and O–H groups in total. The van der Waals surface area contributed by atoms with Crippen molar-refractivity contribution < 1.29 is 9.53 Å². The van der Waals surface area contributed by atoms with Gasteiger partial charge in [0.15, 0.2) is 0 Å². The highest BCUT2D eigenvalue weighted by Gasteiger charge is 2.24. The number of carbonyl (C=O) groups excluding carboxylic acids is 1. The first-order chi connectivity index (χ1) is 10.7. The molecule has 0 saturated carbocycles. The van der Waals surface area contributed by atoms with E-state index in [9.17, 15) is 4.79 Å². The van der Waals surface area contributed by atoms with E-state index in [4.69, 9.17) is 10.5 Å². The lowest BCUT2D eigenvalue weighted by atomic mass is 10.1. The van der Waals surface area contributed by atoms with Gasteiger partial charge in [-0.1, -0.05) is 40.9 Å². The summed E-state index contributed by atoms with van der Waals surface area (Å²) in [5.41, 5.74) is 6.60. The van der Waals surface area contributed by atoms with Gasteiger partial charge in [0.25, 0.3) is 0 Å². The summed E-state index contributed by atoms with van der Waals surface area (Å²) in [5.74, 6) is 0.248. The van der Waals surface area contributed by atoms with Crippen LogP contribution in [0.5, 0.6) is 0 Å². The summed E-state index contributed by atoms with van der Waals surface area (Å²) in [7, 11) is 0. The molecule has 0 radical (unpaired) electrons. The fraction of sp³-hybridized carbons (Fsp3) is 0.588. The van der Waals surface area contributed by atoms with E-state index in [1.165, 1.54) is 0 Å². The highest BCUT2D eigenvalue weighted by atomic mass is 79.9. The first-order valence-corrected chi connectivity index (χ1v) is 8.85. The lowest BCUT2D eigenvalue weighted by Crippen LogP contribution is -2.42. The van der Waals surface area contributed by atoms with Crippen LogP contribution in [0.4, 0.5) is 0 Å². The van der Waals surface area contributed by atoms with Gasteiger partial charge in [0.2, 0.25) is 5.91 Å².